The van der Waals surface area contributed by atoms with E-state index in [9.17, 15) is 0 Å². The smallest absolute Gasteiger partial charge is 0.463 e. The zero-order chi connectivity index (χ0) is 57.5. The summed E-state index contributed by atoms with van der Waals surface area (Å²) in [6.07, 6.45) is 0. The second-order valence-corrected chi connectivity index (χ2v) is 27.8. The number of para-hydroxylation sites is 2. The maximum atomic E-state index is 6.62. The van der Waals surface area contributed by atoms with E-state index >= 15 is 0 Å². The summed E-state index contributed by atoms with van der Waals surface area (Å²) in [5, 5.41) is 2.21. The summed E-state index contributed by atoms with van der Waals surface area (Å²) in [5.41, 5.74) is 23.8. The molecular formula is C76H74BCd3N3O. The molecule has 0 aliphatic carbocycles. The zero-order valence-electron chi connectivity index (χ0n) is 52.3. The van der Waals surface area contributed by atoms with Crippen LogP contribution in [-0.4, -0.2) is 6.71 Å². The number of rotatable bonds is 6. The van der Waals surface area contributed by atoms with Gasteiger partial charge in [0.05, 0.1) is 0 Å². The number of benzene rings is 9. The number of fused-ring (bicyclic) bond motifs is 7. The van der Waals surface area contributed by atoms with E-state index in [1.54, 1.807) is 0 Å². The molecule has 1 aromatic heterocycles. The molecule has 10 aromatic rings. The molecule has 0 saturated carbocycles. The Hall–Kier alpha value is -5.25. The van der Waals surface area contributed by atoms with Crippen molar-refractivity contribution in [3.05, 3.63) is 229 Å². The first-order chi connectivity index (χ1) is 38.2. The van der Waals surface area contributed by atoms with Crippen molar-refractivity contribution >= 4 is 96.2 Å². The second kappa shape index (κ2) is 22.8. The summed E-state index contributed by atoms with van der Waals surface area (Å²) in [5.74, 6) is 0. The van der Waals surface area contributed by atoms with Crippen LogP contribution in [0.15, 0.2) is 156 Å². The molecule has 2 aliphatic heterocycles. The van der Waals surface area contributed by atoms with Crippen LogP contribution in [0.1, 0.15) is 143 Å². The molecule has 4 nitrogen and oxygen atoms in total. The summed E-state index contributed by atoms with van der Waals surface area (Å²) >= 11 is 0. The first-order valence-electron chi connectivity index (χ1n) is 28.7. The van der Waals surface area contributed by atoms with Crippen molar-refractivity contribution in [1.82, 2.24) is 0 Å². The Morgan fingerprint density at radius 1 is 0.476 bits per heavy atom. The molecule has 0 radical (unpaired) electrons. The molecule has 0 atom stereocenters. The molecule has 9 aromatic carbocycles. The van der Waals surface area contributed by atoms with Crippen LogP contribution in [0, 0.1) is 38.1 Å². The quantitative estimate of drug-likeness (QED) is 0.122. The molecule has 2 aliphatic rings. The maximum Gasteiger partial charge on any atom is 2.00 e. The van der Waals surface area contributed by atoms with Gasteiger partial charge in [-0.05, 0) is 57.8 Å². The van der Waals surface area contributed by atoms with Gasteiger partial charge in [0.2, 0.25) is 6.71 Å². The van der Waals surface area contributed by atoms with Gasteiger partial charge >= 0.3 is 81.9 Å². The topological polar surface area (TPSA) is 22.9 Å². The van der Waals surface area contributed by atoms with Gasteiger partial charge in [-0.15, -0.1) is 34.1 Å². The molecule has 0 amide bonds. The predicted molar refractivity (Wildman–Crippen MR) is 346 cm³/mol. The van der Waals surface area contributed by atoms with Crippen molar-refractivity contribution < 1.29 is 86.3 Å². The van der Waals surface area contributed by atoms with Crippen LogP contribution < -0.4 is 31.1 Å². The van der Waals surface area contributed by atoms with Gasteiger partial charge in [0.15, 0.2) is 0 Å². The molecule has 0 bridgehead atoms. The van der Waals surface area contributed by atoms with Gasteiger partial charge in [-0.25, -0.2) is 5.69 Å². The average molecular weight is 1390 g/mol. The minimum atomic E-state index is -0.297. The van der Waals surface area contributed by atoms with E-state index in [0.717, 1.165) is 101 Å². The third kappa shape index (κ3) is 11.1. The SMILES string of the molecule is [CH2-]c1cc(C(C)(C)C)cc2c1N(c1[c-]cc(C(C)(C)C)c[c-]1)c1c([CH2-])c(C(C)(C)C)cc3c1B2c1ccc(N(c2[c-]cc(C(C)(C)C)cc2)c2ccc(C(C)(C)C)cc2)cc1N3c1[c-]cc(-c2cccc3c2oc2ccccc23)cc1.[Cd+2].[Cd+2].[Cd+2]. The van der Waals surface area contributed by atoms with E-state index in [1.807, 2.05) is 12.1 Å². The van der Waals surface area contributed by atoms with E-state index in [4.69, 9.17) is 18.3 Å². The van der Waals surface area contributed by atoms with Gasteiger partial charge in [-0.2, -0.15) is 73.0 Å². The molecule has 0 fully saturated rings. The summed E-state index contributed by atoms with van der Waals surface area (Å²) < 4.78 is 6.62. The van der Waals surface area contributed by atoms with Crippen molar-refractivity contribution in [2.24, 2.45) is 0 Å². The fourth-order valence-electron chi connectivity index (χ4n) is 12.3. The number of hydrogen-bond donors (Lipinski definition) is 0. The van der Waals surface area contributed by atoms with E-state index in [0.29, 0.717) is 0 Å². The van der Waals surface area contributed by atoms with Crippen molar-refractivity contribution in [3.8, 4) is 11.1 Å². The second-order valence-electron chi connectivity index (χ2n) is 27.8. The molecule has 0 spiro atoms. The first kappa shape index (κ1) is 63.3. The Labute approximate surface area is 562 Å². The molecular weight excluding hydrogens is 1320 g/mol. The summed E-state index contributed by atoms with van der Waals surface area (Å²) in [4.78, 5) is 7.23. The van der Waals surface area contributed by atoms with Gasteiger partial charge in [-0.3, -0.25) is 17.7 Å². The molecule has 12 rings (SSSR count). The standard InChI is InChI=1S/C76H74BN3O.3Cd/c1-47-43-53(75(12,13)14)44-64-69(47)80(57-39-31-52(32-40-57)74(9,10)11)70-48(2)62(76(15,16)17)46-66-68(70)77(64)63-42-41-58(78(54-35-27-50(28-36-54)72(3,4)5)55-37-29-51(30-38-55)73(6,7)8)45-65(63)79(66)56-33-25-49(26-34-56)59-22-20-23-61-60-21-18-19-24-67(60)81-71(59)61;;;/h18-33,35-37,41-46H,1-2H2,3-17H3;;;/q-6;3*+2. The van der Waals surface area contributed by atoms with Crippen molar-refractivity contribution in [2.45, 2.75) is 131 Å². The third-order valence-electron chi connectivity index (χ3n) is 16.9. The van der Waals surface area contributed by atoms with Gasteiger partial charge in [0, 0.05) is 33.5 Å². The Morgan fingerprint density at radius 3 is 1.70 bits per heavy atom. The Morgan fingerprint density at radius 2 is 1.10 bits per heavy atom. The predicted octanol–water partition coefficient (Wildman–Crippen LogP) is 18.9. The monoisotopic (exact) mass is 1400 g/mol. The Bertz CT molecular complexity index is 4030. The van der Waals surface area contributed by atoms with E-state index in [2.05, 4.69) is 282 Å². The third-order valence-corrected chi connectivity index (χ3v) is 16.9. The molecule has 0 unspecified atom stereocenters. The Kier molecular flexibility index (Phi) is 17.2. The summed E-state index contributed by atoms with van der Waals surface area (Å²) in [7, 11) is 0. The van der Waals surface area contributed by atoms with Crippen LogP contribution in [0.25, 0.3) is 33.1 Å². The molecule has 3 heterocycles. The van der Waals surface area contributed by atoms with Crippen LogP contribution in [0.4, 0.5) is 51.2 Å². The number of hydrogen-bond acceptors (Lipinski definition) is 4. The maximum absolute atomic E-state index is 6.62. The fourth-order valence-corrected chi connectivity index (χ4v) is 12.3. The van der Waals surface area contributed by atoms with E-state index < -0.39 is 0 Å². The van der Waals surface area contributed by atoms with Gasteiger partial charge in [0.1, 0.15) is 11.2 Å². The number of anilines is 9. The van der Waals surface area contributed by atoms with Crippen molar-refractivity contribution in [1.29, 1.82) is 0 Å². The molecule has 84 heavy (non-hydrogen) atoms. The minimum absolute atomic E-state index is 0. The normalized spacial score (nSPS) is 13.2. The molecule has 0 N–H and O–H groups in total. The molecule has 0 saturated heterocycles. The molecule has 408 valence electrons. The summed E-state index contributed by atoms with van der Waals surface area (Å²) in [6.45, 7) is 43.9. The van der Waals surface area contributed by atoms with E-state index in [-0.39, 0.29) is 116 Å². The number of nitrogens with zero attached hydrogens (tertiary/aromatic N) is 3. The first-order valence-corrected chi connectivity index (χ1v) is 28.7. The van der Waals surface area contributed by atoms with Gasteiger partial charge < -0.3 is 31.2 Å². The minimum Gasteiger partial charge on any atom is -0.463 e. The summed E-state index contributed by atoms with van der Waals surface area (Å²) in [6, 6.07) is 70.9. The van der Waals surface area contributed by atoms with Crippen LogP contribution in [-0.2, 0) is 109 Å². The van der Waals surface area contributed by atoms with Gasteiger partial charge in [-0.1, -0.05) is 215 Å². The van der Waals surface area contributed by atoms with Crippen LogP contribution in [0.5, 0.6) is 0 Å². The van der Waals surface area contributed by atoms with Crippen molar-refractivity contribution in [2.75, 3.05) is 14.7 Å². The van der Waals surface area contributed by atoms with Crippen molar-refractivity contribution in [3.63, 3.8) is 0 Å². The largest absolute Gasteiger partial charge is 2.00 e. The average Bonchev–Trinajstić information content (AvgIpc) is 0.821. The van der Waals surface area contributed by atoms with Crippen LogP contribution >= 0.6 is 0 Å². The van der Waals surface area contributed by atoms with Crippen LogP contribution in [0.3, 0.4) is 0 Å². The van der Waals surface area contributed by atoms with E-state index in [1.165, 1.54) is 38.6 Å². The Balaban J connectivity index is 0.00000282. The number of furan rings is 1. The van der Waals surface area contributed by atoms with Gasteiger partial charge in [0.25, 0.3) is 0 Å². The fraction of sp³-hybridized carbons (Fsp3) is 0.263. The molecule has 8 heteroatoms. The zero-order valence-corrected chi connectivity index (χ0v) is 64.4. The van der Waals surface area contributed by atoms with Crippen LogP contribution in [0.2, 0.25) is 0 Å².